The quantitative estimate of drug-likeness (QED) is 0.693. The largest absolute Gasteiger partial charge is 0.495 e. The van der Waals surface area contributed by atoms with Crippen molar-refractivity contribution in [2.45, 2.75) is 13.0 Å². The summed E-state index contributed by atoms with van der Waals surface area (Å²) in [6.07, 6.45) is 0. The number of methoxy groups -OCH3 is 1. The van der Waals surface area contributed by atoms with Crippen molar-refractivity contribution in [3.63, 3.8) is 0 Å². The minimum absolute atomic E-state index is 0.0123. The van der Waals surface area contributed by atoms with Crippen LogP contribution in [0.4, 0.5) is 11.4 Å². The number of hydrogen-bond acceptors (Lipinski definition) is 6. The van der Waals surface area contributed by atoms with Gasteiger partial charge in [0, 0.05) is 6.92 Å². The first-order valence-electron chi connectivity index (χ1n) is 8.70. The number of rotatable bonds is 4. The lowest BCUT2D eigenvalue weighted by Crippen LogP contribution is -2.39. The Morgan fingerprint density at radius 3 is 2.31 bits per heavy atom. The molecule has 9 heteroatoms. The van der Waals surface area contributed by atoms with Gasteiger partial charge in [0.2, 0.25) is 5.91 Å². The van der Waals surface area contributed by atoms with Gasteiger partial charge < -0.3 is 4.74 Å². The van der Waals surface area contributed by atoms with E-state index in [0.717, 1.165) is 4.90 Å². The van der Waals surface area contributed by atoms with Crippen LogP contribution in [0.2, 0.25) is 10.0 Å². The summed E-state index contributed by atoms with van der Waals surface area (Å²) in [4.78, 5) is 39.9. The summed E-state index contributed by atoms with van der Waals surface area (Å²) in [5.41, 5.74) is 0.555. The average Bonchev–Trinajstić information content (AvgIpc) is 3.19. The molecule has 148 valence electrons. The first-order valence-corrected chi connectivity index (χ1v) is 9.46. The van der Waals surface area contributed by atoms with Crippen molar-refractivity contribution in [3.8, 4) is 5.75 Å². The maximum atomic E-state index is 13.4. The molecule has 0 bridgehead atoms. The highest BCUT2D eigenvalue weighted by Crippen LogP contribution is 2.44. The molecule has 0 saturated carbocycles. The minimum Gasteiger partial charge on any atom is -0.495 e. The van der Waals surface area contributed by atoms with Crippen molar-refractivity contribution in [2.75, 3.05) is 17.0 Å². The summed E-state index contributed by atoms with van der Waals surface area (Å²) < 4.78 is 5.30. The summed E-state index contributed by atoms with van der Waals surface area (Å²) in [5, 5.41) is 6.05. The van der Waals surface area contributed by atoms with E-state index >= 15 is 0 Å². The van der Waals surface area contributed by atoms with Gasteiger partial charge in [-0.1, -0.05) is 41.4 Å². The predicted molar refractivity (Wildman–Crippen MR) is 110 cm³/mol. The number of Topliss-reactive ketones (excluding diaryl/α,β-unsaturated/α-hetero) is 1. The van der Waals surface area contributed by atoms with Crippen LogP contribution < -0.4 is 14.6 Å². The molecule has 2 aromatic rings. The highest BCUT2D eigenvalue weighted by Gasteiger charge is 2.58. The van der Waals surface area contributed by atoms with Crippen LogP contribution in [0.5, 0.6) is 5.75 Å². The number of benzene rings is 2. The fourth-order valence-corrected chi connectivity index (χ4v) is 4.22. The van der Waals surface area contributed by atoms with Crippen LogP contribution in [-0.2, 0) is 14.4 Å². The Kier molecular flexibility index (Phi) is 4.80. The third kappa shape index (κ3) is 2.89. The summed E-state index contributed by atoms with van der Waals surface area (Å²) in [5.74, 6) is -2.20. The van der Waals surface area contributed by atoms with Crippen LogP contribution in [0.1, 0.15) is 6.92 Å². The van der Waals surface area contributed by atoms with Crippen molar-refractivity contribution in [1.29, 1.82) is 0 Å². The number of ether oxygens (including phenoxy) is 1. The molecule has 0 N–H and O–H groups in total. The Hall–Kier alpha value is -2.90. The fraction of sp³-hybridized carbons (Fsp3) is 0.200. The number of carbonyl (C=O) groups is 3. The summed E-state index contributed by atoms with van der Waals surface area (Å²) in [6, 6.07) is 10.4. The van der Waals surface area contributed by atoms with E-state index in [1.807, 2.05) is 0 Å². The first-order chi connectivity index (χ1) is 13.9. The average molecular weight is 432 g/mol. The number of halogens is 2. The second-order valence-corrected chi connectivity index (χ2v) is 7.38. The molecule has 2 atom stereocenters. The lowest BCUT2D eigenvalue weighted by atomic mass is 9.95. The van der Waals surface area contributed by atoms with Crippen LogP contribution >= 0.6 is 23.2 Å². The lowest BCUT2D eigenvalue weighted by molar-refractivity contribution is -0.122. The standard InChI is InChI=1S/C20H15Cl2N3O4/c1-10(26)16-15-18(25(23-16)17-11(21)6-5-7-12(17)22)20(28)24(19(15)27)13-8-3-4-9-14(13)29-2/h3-9,15,18H,1-2H3/t15-,18-/m1/s1. The van der Waals surface area contributed by atoms with E-state index in [1.54, 1.807) is 42.5 Å². The van der Waals surface area contributed by atoms with Gasteiger partial charge in [-0.15, -0.1) is 0 Å². The van der Waals surface area contributed by atoms with Gasteiger partial charge >= 0.3 is 0 Å². The number of hydrazone groups is 1. The molecule has 0 aliphatic carbocycles. The molecular formula is C20H15Cl2N3O4. The molecule has 2 amide bonds. The van der Waals surface area contributed by atoms with Crippen molar-refractivity contribution in [1.82, 2.24) is 0 Å². The number of imide groups is 1. The normalized spacial score (nSPS) is 20.8. The zero-order valence-corrected chi connectivity index (χ0v) is 16.9. The smallest absolute Gasteiger partial charge is 0.260 e. The second kappa shape index (κ2) is 7.17. The van der Waals surface area contributed by atoms with E-state index < -0.39 is 29.6 Å². The molecule has 0 spiro atoms. The van der Waals surface area contributed by atoms with E-state index in [1.165, 1.54) is 19.0 Å². The number of nitrogens with zero attached hydrogens (tertiary/aromatic N) is 3. The second-order valence-electron chi connectivity index (χ2n) is 6.56. The Morgan fingerprint density at radius 1 is 1.03 bits per heavy atom. The van der Waals surface area contributed by atoms with Gasteiger partial charge in [0.15, 0.2) is 5.78 Å². The van der Waals surface area contributed by atoms with Crippen LogP contribution in [0.15, 0.2) is 47.6 Å². The number of carbonyl (C=O) groups excluding carboxylic acids is 3. The monoisotopic (exact) mass is 431 g/mol. The lowest BCUT2D eigenvalue weighted by Gasteiger charge is -2.24. The highest BCUT2D eigenvalue weighted by atomic mass is 35.5. The summed E-state index contributed by atoms with van der Waals surface area (Å²) in [7, 11) is 1.45. The molecule has 0 aromatic heterocycles. The van der Waals surface area contributed by atoms with E-state index in [-0.39, 0.29) is 21.4 Å². The maximum absolute atomic E-state index is 13.4. The number of hydrogen-bond donors (Lipinski definition) is 0. The van der Waals surface area contributed by atoms with E-state index in [4.69, 9.17) is 27.9 Å². The topological polar surface area (TPSA) is 79.3 Å². The number of amides is 2. The first kappa shape index (κ1) is 19.4. The highest BCUT2D eigenvalue weighted by molar-refractivity contribution is 6.49. The van der Waals surface area contributed by atoms with Gasteiger partial charge in [-0.25, -0.2) is 9.91 Å². The molecule has 29 heavy (non-hydrogen) atoms. The van der Waals surface area contributed by atoms with Crippen molar-refractivity contribution in [2.24, 2.45) is 11.0 Å². The Morgan fingerprint density at radius 2 is 1.69 bits per heavy atom. The number of ketones is 1. The van der Waals surface area contributed by atoms with Crippen LogP contribution in [0.25, 0.3) is 0 Å². The number of para-hydroxylation sites is 3. The van der Waals surface area contributed by atoms with Crippen LogP contribution in [0, 0.1) is 5.92 Å². The van der Waals surface area contributed by atoms with Crippen LogP contribution in [0.3, 0.4) is 0 Å². The molecule has 4 rings (SSSR count). The van der Waals surface area contributed by atoms with E-state index in [0.29, 0.717) is 11.4 Å². The fourth-order valence-electron chi connectivity index (χ4n) is 3.65. The molecule has 1 fully saturated rings. The van der Waals surface area contributed by atoms with Gasteiger partial charge in [0.1, 0.15) is 23.4 Å². The zero-order valence-electron chi connectivity index (χ0n) is 15.4. The third-order valence-corrected chi connectivity index (χ3v) is 5.51. The molecule has 7 nitrogen and oxygen atoms in total. The third-order valence-electron chi connectivity index (χ3n) is 4.90. The minimum atomic E-state index is -1.07. The Bertz CT molecular complexity index is 1060. The molecule has 0 unspecified atom stereocenters. The van der Waals surface area contributed by atoms with Gasteiger partial charge in [0.05, 0.1) is 28.5 Å². The van der Waals surface area contributed by atoms with Gasteiger partial charge in [-0.3, -0.25) is 14.4 Å². The molecule has 1 saturated heterocycles. The summed E-state index contributed by atoms with van der Waals surface area (Å²) in [6.45, 7) is 1.30. The Labute approximate surface area is 176 Å². The predicted octanol–water partition coefficient (Wildman–Crippen LogP) is 3.33. The van der Waals surface area contributed by atoms with Gasteiger partial charge in [-0.2, -0.15) is 5.10 Å². The molecule has 2 aliphatic heterocycles. The molecular weight excluding hydrogens is 417 g/mol. The SMILES string of the molecule is COc1ccccc1N1C(=O)[C@@H]2C(C(C)=O)=NN(c3c(Cl)cccc3Cl)[C@H]2C1=O. The number of anilines is 2. The van der Waals surface area contributed by atoms with Crippen molar-refractivity contribution in [3.05, 3.63) is 52.5 Å². The van der Waals surface area contributed by atoms with Crippen molar-refractivity contribution >= 4 is 57.9 Å². The van der Waals surface area contributed by atoms with E-state index in [2.05, 4.69) is 5.10 Å². The molecule has 2 heterocycles. The zero-order chi connectivity index (χ0) is 20.9. The van der Waals surface area contributed by atoms with Crippen molar-refractivity contribution < 1.29 is 19.1 Å². The maximum Gasteiger partial charge on any atom is 0.260 e. The van der Waals surface area contributed by atoms with Gasteiger partial charge in [-0.05, 0) is 24.3 Å². The Balaban J connectivity index is 1.87. The van der Waals surface area contributed by atoms with Crippen LogP contribution in [-0.4, -0.2) is 36.5 Å². The molecule has 2 aliphatic rings. The summed E-state index contributed by atoms with van der Waals surface area (Å²) >= 11 is 12.6. The molecule has 0 radical (unpaired) electrons. The number of fused-ring (bicyclic) bond motifs is 1. The van der Waals surface area contributed by atoms with E-state index in [9.17, 15) is 14.4 Å². The molecule has 2 aromatic carbocycles. The van der Waals surface area contributed by atoms with Gasteiger partial charge in [0.25, 0.3) is 5.91 Å².